The molecule has 0 radical (unpaired) electrons. The lowest BCUT2D eigenvalue weighted by Gasteiger charge is -2.27. The number of ether oxygens (including phenoxy) is 2. The van der Waals surface area contributed by atoms with Gasteiger partial charge >= 0.3 is 6.09 Å². The standard InChI is InChI=1S/C16H23NO.C13H17NO2.C13H17NO.C12H15NO2.C12H16O2.C12H16O.C11H15NO.C11H16O2S.C10H14.C9H13N/c1-12(2)13-8-10-15(11-9-13)17-16(18)14-6-4-3-5-7-14;1-10(2)11-4-3-5-12(8-11)14-6-7-16-9-13(14)15;1-10(2)11-5-3-6-12(9-11)14-8-4-7-13(14)15;1-9(2)10-4-3-5-11(8-10)13-6-7-15-12(13)14;1-9(2)11-5-3-4-10(6-11)7-12(14)8-13;1-9(2)12-6-4-5-11(8-12)7-10(3)13;1-8(2)10-5-3-4-9(6-10)7-11(12)13;1-9(2)11-6-4-5-10(7-11)8-14(3,12)13;1-8(2)10-6-4-9(3)5-7-10;1-7(2)8-4-3-5-9(10)6-8/h8-12,14H,3-7H2,1-2H3,(H,17,18);3-5,8,10H,6-7,9H2,1-2H3;3,5-6,9-10H,4,7-8H2,1-2H3;3-5,8-9H,6-7H2,1-2H3;3-6,9,13H,7-8H2,1-2H3;4-6,8-9H,7H2,1-3H3;3-6,8H,7H2,1-2H3,(H2,12,13);4-7,9H,8H2,1-3H3;4-8H,1-3H3;3-7H,10H2,1-2H3. The number of sulfone groups is 1. The van der Waals surface area contributed by atoms with Crippen LogP contribution in [0.15, 0.2) is 243 Å². The van der Waals surface area contributed by atoms with Gasteiger partial charge in [0.2, 0.25) is 17.7 Å². The molecule has 3 heterocycles. The van der Waals surface area contributed by atoms with E-state index < -0.39 is 9.84 Å². The van der Waals surface area contributed by atoms with E-state index in [-0.39, 0.29) is 66.2 Å². The highest BCUT2D eigenvalue weighted by Gasteiger charge is 2.26. The summed E-state index contributed by atoms with van der Waals surface area (Å²) in [7, 11) is -2.92. The van der Waals surface area contributed by atoms with Crippen molar-refractivity contribution in [1.82, 2.24) is 0 Å². The number of aryl methyl sites for hydroxylation is 1. The number of carbonyl (C=O) groups is 7. The number of anilines is 5. The lowest BCUT2D eigenvalue weighted by molar-refractivity contribution is -0.126. The van der Waals surface area contributed by atoms with Gasteiger partial charge in [-0.1, -0.05) is 345 Å². The molecule has 6 N–H and O–H groups in total. The zero-order valence-corrected chi connectivity index (χ0v) is 87.8. The average molecular weight is 1900 g/mol. The van der Waals surface area contributed by atoms with Crippen LogP contribution in [-0.2, 0) is 73.1 Å². The Morgan fingerprint density at radius 1 is 0.406 bits per heavy atom. The first-order chi connectivity index (χ1) is 65.3. The lowest BCUT2D eigenvalue weighted by atomic mass is 9.88. The summed E-state index contributed by atoms with van der Waals surface area (Å²) in [6.07, 6.45) is 9.72. The highest BCUT2D eigenvalue weighted by atomic mass is 32.2. The van der Waals surface area contributed by atoms with Gasteiger partial charge in [-0.05, 0) is 231 Å². The van der Waals surface area contributed by atoms with Crippen molar-refractivity contribution < 1.29 is 56.6 Å². The number of nitrogen functional groups attached to an aromatic ring is 1. The first-order valence-corrected chi connectivity index (χ1v) is 51.6. The minimum Gasteiger partial charge on any atom is -0.447 e. The van der Waals surface area contributed by atoms with E-state index >= 15 is 0 Å². The Morgan fingerprint density at radius 3 is 1.12 bits per heavy atom. The number of hydrogen-bond donors (Lipinski definition) is 4. The third-order valence-electron chi connectivity index (χ3n) is 23.8. The van der Waals surface area contributed by atoms with Crippen molar-refractivity contribution in [2.24, 2.45) is 11.7 Å². The molecule has 0 aromatic heterocycles. The van der Waals surface area contributed by atoms with Gasteiger partial charge in [-0.2, -0.15) is 0 Å². The summed E-state index contributed by atoms with van der Waals surface area (Å²) in [6, 6.07) is 81.4. The number of amides is 5. The number of carbonyl (C=O) groups excluding carboxylic acids is 7. The Morgan fingerprint density at radius 2 is 0.761 bits per heavy atom. The number of aliphatic hydroxyl groups excluding tert-OH is 1. The van der Waals surface area contributed by atoms with Gasteiger partial charge < -0.3 is 41.2 Å². The number of nitrogens with two attached hydrogens (primary N) is 2. The SMILES string of the molecule is CC(=O)Cc1cccc(C(C)C)c1.CC(C)c1ccc(NC(=O)C2CCCCC2)cc1.CC(C)c1cccc(CC(=O)CO)c1.CC(C)c1cccc(CC(N)=O)c1.CC(C)c1cccc(CS(C)(=O)=O)c1.CC(C)c1cccc(N)c1.CC(C)c1cccc(N2CCCC2=O)c1.CC(C)c1cccc(N2CCOC2=O)c1.CC(C)c1cccc(N2CCOCC2=O)c1.Cc1ccc(C(C)C)cc1. The van der Waals surface area contributed by atoms with E-state index in [1.165, 1.54) is 86.7 Å². The van der Waals surface area contributed by atoms with Gasteiger partial charge in [0, 0.05) is 73.0 Å². The molecule has 0 spiro atoms. The molecule has 0 atom stereocenters. The molecule has 746 valence electrons. The van der Waals surface area contributed by atoms with Gasteiger partial charge in [0.05, 0.1) is 25.3 Å². The van der Waals surface area contributed by atoms with Crippen molar-refractivity contribution in [1.29, 1.82) is 0 Å². The summed E-state index contributed by atoms with van der Waals surface area (Å²) in [5.74, 6) is 5.85. The van der Waals surface area contributed by atoms with Gasteiger partial charge in [0.1, 0.15) is 25.6 Å². The van der Waals surface area contributed by atoms with E-state index in [9.17, 15) is 42.0 Å². The summed E-state index contributed by atoms with van der Waals surface area (Å²) < 4.78 is 32.2. The van der Waals surface area contributed by atoms with Crippen LogP contribution in [0.25, 0.3) is 0 Å². The average Bonchev–Trinajstić information content (AvgIpc) is 1.45. The van der Waals surface area contributed by atoms with Crippen molar-refractivity contribution in [2.75, 3.05) is 78.1 Å². The molecule has 0 unspecified atom stereocenters. The second-order valence-corrected chi connectivity index (χ2v) is 41.5. The molecule has 10 aromatic carbocycles. The molecular weight excluding hydrogens is 1740 g/mol. The van der Waals surface area contributed by atoms with Crippen LogP contribution in [-0.4, -0.2) is 107 Å². The van der Waals surface area contributed by atoms with Crippen LogP contribution in [0.4, 0.5) is 33.2 Å². The Balaban J connectivity index is 0.000000272. The number of nitrogens with zero attached hydrogens (tertiary/aromatic N) is 3. The number of ketones is 2. The Labute approximate surface area is 828 Å². The fourth-order valence-corrected chi connectivity index (χ4v) is 16.0. The molecule has 4 fully saturated rings. The molecule has 1 aliphatic carbocycles. The molecular formula is C119H162N6O12S. The third kappa shape index (κ3) is 44.4. The maximum absolute atomic E-state index is 12.1. The molecule has 3 saturated heterocycles. The molecule has 3 aliphatic heterocycles. The lowest BCUT2D eigenvalue weighted by Crippen LogP contribution is -2.41. The van der Waals surface area contributed by atoms with Crippen molar-refractivity contribution in [2.45, 2.75) is 281 Å². The van der Waals surface area contributed by atoms with Crippen LogP contribution < -0.4 is 31.5 Å². The molecule has 0 bridgehead atoms. The summed E-state index contributed by atoms with van der Waals surface area (Å²) in [5.41, 5.74) is 33.6. The maximum atomic E-state index is 12.1. The van der Waals surface area contributed by atoms with E-state index in [2.05, 4.69) is 254 Å². The van der Waals surface area contributed by atoms with Gasteiger partial charge in [0.25, 0.3) is 5.91 Å². The molecule has 4 aliphatic rings. The minimum absolute atomic E-state index is 0.0483. The van der Waals surface area contributed by atoms with E-state index in [0.717, 1.165) is 76.5 Å². The molecule has 1 saturated carbocycles. The van der Waals surface area contributed by atoms with Crippen molar-refractivity contribution in [3.8, 4) is 0 Å². The van der Waals surface area contributed by atoms with E-state index in [4.69, 9.17) is 26.0 Å². The smallest absolute Gasteiger partial charge is 0.414 e. The molecule has 18 nitrogen and oxygen atoms in total. The van der Waals surface area contributed by atoms with Gasteiger partial charge in [-0.25, -0.2) is 13.2 Å². The monoisotopic (exact) mass is 1900 g/mol. The van der Waals surface area contributed by atoms with Gasteiger partial charge in [0.15, 0.2) is 15.6 Å². The quantitative estimate of drug-likeness (QED) is 0.0411. The number of nitrogens with one attached hydrogen (secondary N) is 1. The topological polar surface area (TPSA) is 266 Å². The maximum Gasteiger partial charge on any atom is 0.414 e. The fraction of sp³-hybridized carbons (Fsp3) is 0.437. The van der Waals surface area contributed by atoms with Crippen molar-refractivity contribution >= 4 is 79.6 Å². The molecule has 5 amide bonds. The van der Waals surface area contributed by atoms with Gasteiger partial charge in [-0.15, -0.1) is 0 Å². The second kappa shape index (κ2) is 60.9. The van der Waals surface area contributed by atoms with Gasteiger partial charge in [-0.3, -0.25) is 33.7 Å². The number of cyclic esters (lactones) is 1. The number of hydrogen-bond acceptors (Lipinski definition) is 13. The van der Waals surface area contributed by atoms with Crippen molar-refractivity contribution in [3.63, 3.8) is 0 Å². The van der Waals surface area contributed by atoms with Crippen LogP contribution in [0.3, 0.4) is 0 Å². The summed E-state index contributed by atoms with van der Waals surface area (Å²) in [6.45, 7) is 49.9. The van der Waals surface area contributed by atoms with Crippen LogP contribution in [0.5, 0.6) is 0 Å². The summed E-state index contributed by atoms with van der Waals surface area (Å²) >= 11 is 0. The molecule has 19 heteroatoms. The predicted molar refractivity (Wildman–Crippen MR) is 575 cm³/mol. The van der Waals surface area contributed by atoms with Crippen LogP contribution in [0, 0.1) is 12.8 Å². The largest absolute Gasteiger partial charge is 0.447 e. The zero-order valence-electron chi connectivity index (χ0n) is 87.0. The normalized spacial score (nSPS) is 13.4. The van der Waals surface area contributed by atoms with Crippen LogP contribution >= 0.6 is 0 Å². The predicted octanol–water partition coefficient (Wildman–Crippen LogP) is 26.8. The summed E-state index contributed by atoms with van der Waals surface area (Å²) in [5, 5.41) is 11.7. The van der Waals surface area contributed by atoms with Crippen LogP contribution in [0.1, 0.15) is 333 Å². The highest BCUT2D eigenvalue weighted by molar-refractivity contribution is 7.89. The molecule has 138 heavy (non-hydrogen) atoms. The number of morpholine rings is 1. The Kier molecular flexibility index (Phi) is 51.6. The molecule has 14 rings (SSSR count). The second-order valence-electron chi connectivity index (χ2n) is 39.3. The zero-order chi connectivity index (χ0) is 102. The van der Waals surface area contributed by atoms with E-state index in [1.54, 1.807) is 16.7 Å². The van der Waals surface area contributed by atoms with Crippen LogP contribution in [0.2, 0.25) is 0 Å². The minimum atomic E-state index is -2.92. The first kappa shape index (κ1) is 117. The first-order valence-electron chi connectivity index (χ1n) is 49.5. The number of Topliss-reactive ketones (excluding diaryl/α,β-unsaturated/α-hetero) is 2. The molecule has 10 aromatic rings. The van der Waals surface area contributed by atoms with E-state index in [1.807, 2.05) is 144 Å². The third-order valence-corrected chi connectivity index (χ3v) is 24.7. The number of rotatable bonds is 24. The number of benzene rings is 10. The number of aliphatic hydroxyl groups is 1. The highest BCUT2D eigenvalue weighted by Crippen LogP contribution is 2.31. The Hall–Kier alpha value is -11.6. The van der Waals surface area contributed by atoms with E-state index in [0.29, 0.717) is 111 Å². The number of primary amides is 1. The summed E-state index contributed by atoms with van der Waals surface area (Å²) in [4.78, 5) is 84.6. The fourth-order valence-electron chi connectivity index (χ4n) is 15.2. The Bertz CT molecular complexity index is 5360. The van der Waals surface area contributed by atoms with Crippen molar-refractivity contribution in [3.05, 3.63) is 326 Å².